The second-order valence-corrected chi connectivity index (χ2v) is 4.83. The van der Waals surface area contributed by atoms with Crippen LogP contribution >= 0.6 is 0 Å². The Bertz CT molecular complexity index is 198. The van der Waals surface area contributed by atoms with E-state index in [1.54, 1.807) is 0 Å². The summed E-state index contributed by atoms with van der Waals surface area (Å²) in [6.45, 7) is 3.58. The van der Waals surface area contributed by atoms with Crippen LogP contribution in [-0.2, 0) is 14.3 Å². The number of carbonyl (C=O) groups excluding carboxylic acids is 1. The molecule has 17 heavy (non-hydrogen) atoms. The molecule has 0 aliphatic carbocycles. The van der Waals surface area contributed by atoms with Gasteiger partial charge in [0, 0.05) is 19.3 Å². The fraction of sp³-hybridized carbons (Fsp3) is 0.929. The van der Waals surface area contributed by atoms with Crippen LogP contribution in [0.25, 0.3) is 0 Å². The van der Waals surface area contributed by atoms with Gasteiger partial charge in [-0.25, -0.2) is 0 Å². The summed E-state index contributed by atoms with van der Waals surface area (Å²) in [5, 5.41) is 0. The Hall–Kier alpha value is -0.410. The zero-order valence-corrected chi connectivity index (χ0v) is 11.1. The van der Waals surface area contributed by atoms with Gasteiger partial charge < -0.3 is 14.3 Å². The summed E-state index contributed by atoms with van der Waals surface area (Å²) in [6.07, 6.45) is 10.8. The van der Waals surface area contributed by atoms with E-state index in [0.717, 1.165) is 19.1 Å². The average molecular weight is 242 g/mol. The highest BCUT2D eigenvalue weighted by atomic mass is 16.7. The quantitative estimate of drug-likeness (QED) is 0.435. The van der Waals surface area contributed by atoms with Crippen LogP contribution in [0.2, 0.25) is 0 Å². The molecule has 0 aromatic heterocycles. The molecule has 100 valence electrons. The fourth-order valence-corrected chi connectivity index (χ4v) is 2.36. The molecule has 0 unspecified atom stereocenters. The van der Waals surface area contributed by atoms with Gasteiger partial charge in [0.15, 0.2) is 5.79 Å². The predicted octanol–water partition coefficient (Wildman–Crippen LogP) is 3.46. The van der Waals surface area contributed by atoms with E-state index >= 15 is 0 Å². The maximum Gasteiger partial charge on any atom is 0.168 e. The number of unbranched alkanes of at least 4 members (excludes halogenated alkanes) is 5. The minimum atomic E-state index is -0.439. The van der Waals surface area contributed by atoms with Gasteiger partial charge in [0.1, 0.15) is 6.29 Å². The van der Waals surface area contributed by atoms with Gasteiger partial charge in [-0.15, -0.1) is 0 Å². The molecule has 1 rings (SSSR count). The van der Waals surface area contributed by atoms with Crippen molar-refractivity contribution < 1.29 is 14.3 Å². The molecule has 0 saturated carbocycles. The molecule has 1 heterocycles. The monoisotopic (exact) mass is 242 g/mol. The highest BCUT2D eigenvalue weighted by molar-refractivity contribution is 5.49. The number of hydrogen-bond acceptors (Lipinski definition) is 3. The SMILES string of the molecule is CCCCCCCCC1(CCC=O)OCCO1. The van der Waals surface area contributed by atoms with Crippen molar-refractivity contribution in [3.63, 3.8) is 0 Å². The third kappa shape index (κ3) is 5.64. The standard InChI is InChI=1S/C14H26O3/c1-2-3-4-5-6-7-9-14(10-8-11-15)16-12-13-17-14/h11H,2-10,12-13H2,1H3. The van der Waals surface area contributed by atoms with E-state index in [4.69, 9.17) is 9.47 Å². The maximum absolute atomic E-state index is 10.4. The van der Waals surface area contributed by atoms with Gasteiger partial charge in [0.2, 0.25) is 0 Å². The van der Waals surface area contributed by atoms with Crippen molar-refractivity contribution >= 4 is 6.29 Å². The van der Waals surface area contributed by atoms with Gasteiger partial charge in [-0.2, -0.15) is 0 Å². The second-order valence-electron chi connectivity index (χ2n) is 4.83. The molecule has 0 spiro atoms. The molecule has 0 radical (unpaired) electrons. The largest absolute Gasteiger partial charge is 0.348 e. The van der Waals surface area contributed by atoms with Gasteiger partial charge in [-0.1, -0.05) is 39.0 Å². The molecule has 0 amide bonds. The molecule has 0 bridgehead atoms. The molecule has 3 nitrogen and oxygen atoms in total. The minimum absolute atomic E-state index is 0.439. The van der Waals surface area contributed by atoms with E-state index in [1.165, 1.54) is 32.1 Å². The molecular weight excluding hydrogens is 216 g/mol. The molecule has 1 aliphatic rings. The second kappa shape index (κ2) is 8.65. The van der Waals surface area contributed by atoms with Crippen molar-refractivity contribution in [2.24, 2.45) is 0 Å². The molecule has 1 saturated heterocycles. The summed E-state index contributed by atoms with van der Waals surface area (Å²) in [6, 6.07) is 0. The highest BCUT2D eigenvalue weighted by Gasteiger charge is 2.35. The van der Waals surface area contributed by atoms with E-state index in [-0.39, 0.29) is 0 Å². The van der Waals surface area contributed by atoms with E-state index in [1.807, 2.05) is 0 Å². The summed E-state index contributed by atoms with van der Waals surface area (Å²) in [7, 11) is 0. The summed E-state index contributed by atoms with van der Waals surface area (Å²) < 4.78 is 11.4. The Labute approximate surface area is 105 Å². The first-order chi connectivity index (χ1) is 8.33. The lowest BCUT2D eigenvalue weighted by atomic mass is 10.0. The summed E-state index contributed by atoms with van der Waals surface area (Å²) in [4.78, 5) is 10.4. The molecule has 1 fully saturated rings. The minimum Gasteiger partial charge on any atom is -0.348 e. The van der Waals surface area contributed by atoms with Crippen molar-refractivity contribution in [1.82, 2.24) is 0 Å². The zero-order chi connectivity index (χ0) is 12.4. The van der Waals surface area contributed by atoms with Crippen LogP contribution in [-0.4, -0.2) is 25.3 Å². The number of aldehydes is 1. The fourth-order valence-electron chi connectivity index (χ4n) is 2.36. The third-order valence-electron chi connectivity index (χ3n) is 3.37. The number of carbonyl (C=O) groups is 1. The van der Waals surface area contributed by atoms with E-state index in [9.17, 15) is 4.79 Å². The van der Waals surface area contributed by atoms with Crippen molar-refractivity contribution in [3.8, 4) is 0 Å². The van der Waals surface area contributed by atoms with Crippen molar-refractivity contribution in [3.05, 3.63) is 0 Å². The molecule has 1 aliphatic heterocycles. The zero-order valence-electron chi connectivity index (χ0n) is 11.1. The van der Waals surface area contributed by atoms with Crippen LogP contribution in [0, 0.1) is 0 Å². The lowest BCUT2D eigenvalue weighted by Gasteiger charge is -2.26. The molecule has 0 aromatic carbocycles. The predicted molar refractivity (Wildman–Crippen MR) is 67.9 cm³/mol. The lowest BCUT2D eigenvalue weighted by molar-refractivity contribution is -0.169. The molecular formula is C14H26O3. The highest BCUT2D eigenvalue weighted by Crippen LogP contribution is 2.30. The van der Waals surface area contributed by atoms with Crippen LogP contribution < -0.4 is 0 Å². The van der Waals surface area contributed by atoms with Gasteiger partial charge >= 0.3 is 0 Å². The third-order valence-corrected chi connectivity index (χ3v) is 3.37. The maximum atomic E-state index is 10.4. The molecule has 3 heteroatoms. The van der Waals surface area contributed by atoms with Gasteiger partial charge in [0.25, 0.3) is 0 Å². The van der Waals surface area contributed by atoms with Gasteiger partial charge in [0.05, 0.1) is 13.2 Å². The van der Waals surface area contributed by atoms with E-state index in [0.29, 0.717) is 26.1 Å². The molecule has 0 aromatic rings. The first-order valence-corrected chi connectivity index (χ1v) is 7.04. The van der Waals surface area contributed by atoms with E-state index < -0.39 is 5.79 Å². The summed E-state index contributed by atoms with van der Waals surface area (Å²) >= 11 is 0. The Morgan fingerprint density at radius 3 is 2.29 bits per heavy atom. The number of ether oxygens (including phenoxy) is 2. The average Bonchev–Trinajstić information content (AvgIpc) is 2.80. The van der Waals surface area contributed by atoms with Crippen LogP contribution in [0.4, 0.5) is 0 Å². The summed E-state index contributed by atoms with van der Waals surface area (Å²) in [5.41, 5.74) is 0. The molecule has 0 atom stereocenters. The Morgan fingerprint density at radius 2 is 1.65 bits per heavy atom. The topological polar surface area (TPSA) is 35.5 Å². The van der Waals surface area contributed by atoms with Gasteiger partial charge in [-0.05, 0) is 6.42 Å². The van der Waals surface area contributed by atoms with Crippen LogP contribution in [0.1, 0.15) is 64.7 Å². The number of rotatable bonds is 10. The Morgan fingerprint density at radius 1 is 1.00 bits per heavy atom. The van der Waals surface area contributed by atoms with Crippen LogP contribution in [0.5, 0.6) is 0 Å². The van der Waals surface area contributed by atoms with Crippen molar-refractivity contribution in [2.45, 2.75) is 70.5 Å². The first-order valence-electron chi connectivity index (χ1n) is 7.04. The van der Waals surface area contributed by atoms with Crippen LogP contribution in [0.15, 0.2) is 0 Å². The van der Waals surface area contributed by atoms with Crippen molar-refractivity contribution in [1.29, 1.82) is 0 Å². The van der Waals surface area contributed by atoms with Crippen LogP contribution in [0.3, 0.4) is 0 Å². The Kier molecular flexibility index (Phi) is 7.45. The smallest absolute Gasteiger partial charge is 0.168 e. The van der Waals surface area contributed by atoms with E-state index in [2.05, 4.69) is 6.92 Å². The summed E-state index contributed by atoms with van der Waals surface area (Å²) in [5.74, 6) is -0.439. The first kappa shape index (κ1) is 14.7. The lowest BCUT2D eigenvalue weighted by Crippen LogP contribution is -2.30. The normalized spacial score (nSPS) is 18.4. The van der Waals surface area contributed by atoms with Gasteiger partial charge in [-0.3, -0.25) is 0 Å². The van der Waals surface area contributed by atoms with Crippen molar-refractivity contribution in [2.75, 3.05) is 13.2 Å². The Balaban J connectivity index is 2.14. The number of hydrogen-bond donors (Lipinski definition) is 0. The molecule has 0 N–H and O–H groups in total.